The molecule has 0 aliphatic carbocycles. The highest BCUT2D eigenvalue weighted by molar-refractivity contribution is 7.12. The number of nitrogens with two attached hydrogens (primary N) is 1. The molecule has 2 N–H and O–H groups in total. The number of hydrogen-bond donors (Lipinski definition) is 1. The molecule has 0 radical (unpaired) electrons. The smallest absolute Gasteiger partial charge is 0.00490 e. The molecule has 0 aliphatic rings. The average molecular weight is 211 g/mol. The van der Waals surface area contributed by atoms with Crippen LogP contribution in [0.2, 0.25) is 0 Å². The zero-order valence-electron chi connectivity index (χ0n) is 9.47. The summed E-state index contributed by atoms with van der Waals surface area (Å²) in [4.78, 5) is 2.92. The molecule has 80 valence electrons. The Morgan fingerprint density at radius 1 is 1.36 bits per heavy atom. The van der Waals surface area contributed by atoms with Gasteiger partial charge in [-0.2, -0.15) is 0 Å². The largest absolute Gasteiger partial charge is 0.330 e. The molecule has 0 spiro atoms. The summed E-state index contributed by atoms with van der Waals surface area (Å²) in [7, 11) is 0. The van der Waals surface area contributed by atoms with E-state index in [0.717, 1.165) is 18.9 Å². The van der Waals surface area contributed by atoms with Gasteiger partial charge in [0, 0.05) is 9.75 Å². The molecule has 1 rings (SSSR count). The van der Waals surface area contributed by atoms with E-state index in [1.54, 1.807) is 0 Å². The van der Waals surface area contributed by atoms with Crippen LogP contribution >= 0.6 is 11.3 Å². The van der Waals surface area contributed by atoms with E-state index in [-0.39, 0.29) is 0 Å². The van der Waals surface area contributed by atoms with E-state index in [9.17, 15) is 0 Å². The van der Waals surface area contributed by atoms with Gasteiger partial charge in [0.25, 0.3) is 0 Å². The van der Waals surface area contributed by atoms with Crippen molar-refractivity contribution >= 4 is 11.3 Å². The van der Waals surface area contributed by atoms with Crippen LogP contribution in [0.15, 0.2) is 6.07 Å². The van der Waals surface area contributed by atoms with Crippen LogP contribution in [0.25, 0.3) is 0 Å². The van der Waals surface area contributed by atoms with Crippen molar-refractivity contribution in [2.45, 2.75) is 40.0 Å². The summed E-state index contributed by atoms with van der Waals surface area (Å²) in [6, 6.07) is 2.33. The molecule has 1 aromatic rings. The fourth-order valence-electron chi connectivity index (χ4n) is 1.76. The lowest BCUT2D eigenvalue weighted by Crippen LogP contribution is -2.06. The first-order valence-corrected chi connectivity index (χ1v) is 6.21. The minimum absolute atomic E-state index is 0.764. The molecule has 1 aromatic heterocycles. The Kier molecular flexibility index (Phi) is 4.63. The Morgan fingerprint density at radius 3 is 2.57 bits per heavy atom. The van der Waals surface area contributed by atoms with Gasteiger partial charge < -0.3 is 5.73 Å². The van der Waals surface area contributed by atoms with E-state index in [4.69, 9.17) is 5.73 Å². The van der Waals surface area contributed by atoms with E-state index in [0.29, 0.717) is 0 Å². The second-order valence-corrected chi connectivity index (χ2v) is 5.62. The van der Waals surface area contributed by atoms with Gasteiger partial charge in [0.15, 0.2) is 0 Å². The fourth-order valence-corrected chi connectivity index (χ4v) is 2.74. The first-order chi connectivity index (χ1) is 6.63. The van der Waals surface area contributed by atoms with Crippen molar-refractivity contribution in [1.82, 2.24) is 0 Å². The Hall–Kier alpha value is -0.340. The Bertz CT molecular complexity index is 278. The summed E-state index contributed by atoms with van der Waals surface area (Å²) in [5.74, 6) is 0.764. The molecular weight excluding hydrogens is 190 g/mol. The van der Waals surface area contributed by atoms with Gasteiger partial charge in [-0.05, 0) is 57.2 Å². The molecule has 0 amide bonds. The maximum absolute atomic E-state index is 5.53. The van der Waals surface area contributed by atoms with Crippen molar-refractivity contribution in [1.29, 1.82) is 0 Å². The molecule has 1 unspecified atom stereocenters. The maximum Gasteiger partial charge on any atom is 0.00490 e. The second-order valence-electron chi connectivity index (χ2n) is 4.16. The zero-order chi connectivity index (χ0) is 10.6. The van der Waals surface area contributed by atoms with Gasteiger partial charge in [0.2, 0.25) is 0 Å². The summed E-state index contributed by atoms with van der Waals surface area (Å²) in [5.41, 5.74) is 7.07. The Labute approximate surface area is 91.3 Å². The lowest BCUT2D eigenvalue weighted by Gasteiger charge is -2.08. The van der Waals surface area contributed by atoms with Gasteiger partial charge in [-0.3, -0.25) is 0 Å². The van der Waals surface area contributed by atoms with E-state index < -0.39 is 0 Å². The molecule has 1 nitrogen and oxygen atoms in total. The third-order valence-corrected chi connectivity index (χ3v) is 3.72. The van der Waals surface area contributed by atoms with Crippen LogP contribution in [0.3, 0.4) is 0 Å². The van der Waals surface area contributed by atoms with E-state index in [1.165, 1.54) is 28.2 Å². The molecule has 0 saturated heterocycles. The van der Waals surface area contributed by atoms with E-state index in [2.05, 4.69) is 26.8 Å². The molecule has 0 aromatic carbocycles. The van der Waals surface area contributed by atoms with Crippen LogP contribution in [0.4, 0.5) is 0 Å². The molecule has 1 heterocycles. The van der Waals surface area contributed by atoms with E-state index in [1.807, 2.05) is 11.3 Å². The monoisotopic (exact) mass is 211 g/mol. The standard InChI is InChI=1S/C12H21NS/c1-9(6-7-13)4-5-12-8-10(2)14-11(12)3/h8-9H,4-7,13H2,1-3H3. The van der Waals surface area contributed by atoms with Crippen molar-refractivity contribution < 1.29 is 0 Å². The molecule has 0 fully saturated rings. The Morgan fingerprint density at radius 2 is 2.07 bits per heavy atom. The average Bonchev–Trinajstić information content (AvgIpc) is 2.42. The number of rotatable bonds is 5. The lowest BCUT2D eigenvalue weighted by molar-refractivity contribution is 0.499. The summed E-state index contributed by atoms with van der Waals surface area (Å²) >= 11 is 1.91. The maximum atomic E-state index is 5.53. The molecule has 14 heavy (non-hydrogen) atoms. The minimum atomic E-state index is 0.764. The molecule has 0 saturated carbocycles. The number of hydrogen-bond acceptors (Lipinski definition) is 2. The summed E-state index contributed by atoms with van der Waals surface area (Å²) in [6.07, 6.45) is 3.65. The first-order valence-electron chi connectivity index (χ1n) is 5.39. The van der Waals surface area contributed by atoms with Gasteiger partial charge >= 0.3 is 0 Å². The van der Waals surface area contributed by atoms with E-state index >= 15 is 0 Å². The van der Waals surface area contributed by atoms with Crippen LogP contribution in [0.1, 0.15) is 35.1 Å². The third kappa shape index (κ3) is 3.43. The minimum Gasteiger partial charge on any atom is -0.330 e. The zero-order valence-corrected chi connectivity index (χ0v) is 10.3. The molecular formula is C12H21NS. The lowest BCUT2D eigenvalue weighted by atomic mass is 9.99. The van der Waals surface area contributed by atoms with Crippen molar-refractivity contribution in [3.63, 3.8) is 0 Å². The summed E-state index contributed by atoms with van der Waals surface area (Å²) < 4.78 is 0. The van der Waals surface area contributed by atoms with Crippen LogP contribution in [-0.2, 0) is 6.42 Å². The Balaban J connectivity index is 2.41. The molecule has 0 aliphatic heterocycles. The number of aryl methyl sites for hydroxylation is 3. The van der Waals surface area contributed by atoms with Crippen LogP contribution in [0, 0.1) is 19.8 Å². The van der Waals surface area contributed by atoms with Gasteiger partial charge in [0.05, 0.1) is 0 Å². The van der Waals surface area contributed by atoms with Crippen molar-refractivity contribution in [2.75, 3.05) is 6.54 Å². The highest BCUT2D eigenvalue weighted by atomic mass is 32.1. The van der Waals surface area contributed by atoms with Gasteiger partial charge in [-0.1, -0.05) is 6.92 Å². The highest BCUT2D eigenvalue weighted by Crippen LogP contribution is 2.23. The fraction of sp³-hybridized carbons (Fsp3) is 0.667. The third-order valence-electron chi connectivity index (χ3n) is 2.71. The van der Waals surface area contributed by atoms with Crippen LogP contribution in [-0.4, -0.2) is 6.54 Å². The predicted molar refractivity (Wildman–Crippen MR) is 64.9 cm³/mol. The molecule has 0 bridgehead atoms. The summed E-state index contributed by atoms with van der Waals surface area (Å²) in [6.45, 7) is 7.52. The second kappa shape index (κ2) is 5.52. The first kappa shape index (κ1) is 11.7. The van der Waals surface area contributed by atoms with Gasteiger partial charge in [-0.15, -0.1) is 11.3 Å². The van der Waals surface area contributed by atoms with Crippen LogP contribution in [0.5, 0.6) is 0 Å². The van der Waals surface area contributed by atoms with Gasteiger partial charge in [-0.25, -0.2) is 0 Å². The van der Waals surface area contributed by atoms with Crippen molar-refractivity contribution in [2.24, 2.45) is 11.7 Å². The topological polar surface area (TPSA) is 26.0 Å². The SMILES string of the molecule is Cc1cc(CCC(C)CCN)c(C)s1. The molecule has 1 atom stereocenters. The number of thiophene rings is 1. The van der Waals surface area contributed by atoms with Crippen LogP contribution < -0.4 is 5.73 Å². The molecule has 2 heteroatoms. The normalized spacial score (nSPS) is 13.1. The van der Waals surface area contributed by atoms with Crippen molar-refractivity contribution in [3.8, 4) is 0 Å². The quantitative estimate of drug-likeness (QED) is 0.794. The van der Waals surface area contributed by atoms with Gasteiger partial charge in [0.1, 0.15) is 0 Å². The summed E-state index contributed by atoms with van der Waals surface area (Å²) in [5, 5.41) is 0. The highest BCUT2D eigenvalue weighted by Gasteiger charge is 2.05. The predicted octanol–water partition coefficient (Wildman–Crippen LogP) is 3.28. The van der Waals surface area contributed by atoms with Crippen molar-refractivity contribution in [3.05, 3.63) is 21.4 Å².